The van der Waals surface area contributed by atoms with Gasteiger partial charge in [-0.3, -0.25) is 0 Å². The number of hydrogen-bond donors (Lipinski definition) is 1. The smallest absolute Gasteiger partial charge is 0.254 e. The van der Waals surface area contributed by atoms with Gasteiger partial charge in [0.05, 0.1) is 10.0 Å². The van der Waals surface area contributed by atoms with E-state index in [0.29, 0.717) is 34.8 Å². The van der Waals surface area contributed by atoms with Crippen LogP contribution in [-0.4, -0.2) is 18.3 Å². The van der Waals surface area contributed by atoms with Crippen molar-refractivity contribution in [1.29, 1.82) is 0 Å². The molecule has 0 bridgehead atoms. The quantitative estimate of drug-likeness (QED) is 0.940. The summed E-state index contributed by atoms with van der Waals surface area (Å²) in [4.78, 5) is 0. The summed E-state index contributed by atoms with van der Waals surface area (Å²) in [6, 6.07) is 6.87. The predicted molar refractivity (Wildman–Crippen MR) is 73.8 cm³/mol. The van der Waals surface area contributed by atoms with E-state index >= 15 is 0 Å². The highest BCUT2D eigenvalue weighted by atomic mass is 35.5. The summed E-state index contributed by atoms with van der Waals surface area (Å²) < 4.78 is 10.3. The van der Waals surface area contributed by atoms with Crippen LogP contribution in [0.5, 0.6) is 5.88 Å². The monoisotopic (exact) mass is 308 g/mol. The highest BCUT2D eigenvalue weighted by Crippen LogP contribution is 2.29. The summed E-state index contributed by atoms with van der Waals surface area (Å²) in [5.41, 5.74) is 6.10. The number of ether oxygens (including phenoxy) is 1. The molecule has 98 valence electrons. The van der Waals surface area contributed by atoms with Crippen LogP contribution >= 0.6 is 35.6 Å². The molecule has 0 aliphatic rings. The van der Waals surface area contributed by atoms with E-state index in [9.17, 15) is 0 Å². The van der Waals surface area contributed by atoms with Crippen molar-refractivity contribution in [2.24, 2.45) is 5.73 Å². The van der Waals surface area contributed by atoms with Crippen molar-refractivity contribution in [3.8, 4) is 17.2 Å². The van der Waals surface area contributed by atoms with E-state index in [1.54, 1.807) is 24.3 Å². The first-order chi connectivity index (χ1) is 8.20. The molecule has 1 heterocycles. The molecule has 2 rings (SSSR count). The zero-order valence-corrected chi connectivity index (χ0v) is 11.6. The SMILES string of the molecule is Cl.NCCOc1cc(-c2ccc(Cl)c(Cl)c2)on1. The second kappa shape index (κ2) is 6.85. The molecule has 0 aliphatic carbocycles. The number of aromatic nitrogens is 1. The maximum atomic E-state index is 5.91. The fourth-order valence-corrected chi connectivity index (χ4v) is 1.57. The molecule has 4 nitrogen and oxygen atoms in total. The fourth-order valence-electron chi connectivity index (χ4n) is 1.28. The molecule has 0 fully saturated rings. The first-order valence-corrected chi connectivity index (χ1v) is 5.71. The Morgan fingerprint density at radius 1 is 1.22 bits per heavy atom. The third-order valence-electron chi connectivity index (χ3n) is 2.06. The van der Waals surface area contributed by atoms with Crippen LogP contribution in [0.25, 0.3) is 11.3 Å². The Hall–Kier alpha value is -0.940. The molecule has 0 aliphatic heterocycles. The highest BCUT2D eigenvalue weighted by molar-refractivity contribution is 6.42. The first-order valence-electron chi connectivity index (χ1n) is 4.95. The zero-order chi connectivity index (χ0) is 12.3. The minimum atomic E-state index is 0. The van der Waals surface area contributed by atoms with Gasteiger partial charge in [-0.25, -0.2) is 0 Å². The lowest BCUT2D eigenvalue weighted by atomic mass is 10.2. The number of rotatable bonds is 4. The molecule has 0 amide bonds. The summed E-state index contributed by atoms with van der Waals surface area (Å²) in [6.45, 7) is 0.822. The van der Waals surface area contributed by atoms with Gasteiger partial charge in [0.1, 0.15) is 6.61 Å². The van der Waals surface area contributed by atoms with Crippen molar-refractivity contribution in [2.45, 2.75) is 0 Å². The molecular formula is C11H11Cl3N2O2. The third-order valence-corrected chi connectivity index (χ3v) is 2.80. The van der Waals surface area contributed by atoms with Gasteiger partial charge in [0, 0.05) is 18.2 Å². The Morgan fingerprint density at radius 3 is 2.67 bits per heavy atom. The maximum Gasteiger partial charge on any atom is 0.254 e. The molecule has 1 aromatic heterocycles. The second-order valence-corrected chi connectivity index (χ2v) is 4.11. The van der Waals surface area contributed by atoms with E-state index < -0.39 is 0 Å². The van der Waals surface area contributed by atoms with E-state index in [2.05, 4.69) is 5.16 Å². The summed E-state index contributed by atoms with van der Waals surface area (Å²) in [5, 5.41) is 4.71. The van der Waals surface area contributed by atoms with Crippen molar-refractivity contribution in [1.82, 2.24) is 5.16 Å². The van der Waals surface area contributed by atoms with Crippen molar-refractivity contribution in [3.05, 3.63) is 34.3 Å². The van der Waals surface area contributed by atoms with Crippen molar-refractivity contribution >= 4 is 35.6 Å². The summed E-state index contributed by atoms with van der Waals surface area (Å²) >= 11 is 11.7. The number of halogens is 3. The lowest BCUT2D eigenvalue weighted by Gasteiger charge is -1.98. The topological polar surface area (TPSA) is 61.3 Å². The van der Waals surface area contributed by atoms with Crippen LogP contribution in [0.3, 0.4) is 0 Å². The Kier molecular flexibility index (Phi) is 5.75. The van der Waals surface area contributed by atoms with Gasteiger partial charge >= 0.3 is 0 Å². The van der Waals surface area contributed by atoms with Gasteiger partial charge < -0.3 is 15.0 Å². The lowest BCUT2D eigenvalue weighted by Crippen LogP contribution is -2.10. The van der Waals surface area contributed by atoms with E-state index in [4.69, 9.17) is 38.2 Å². The van der Waals surface area contributed by atoms with Gasteiger partial charge in [-0.05, 0) is 23.4 Å². The summed E-state index contributed by atoms with van der Waals surface area (Å²) in [6.07, 6.45) is 0. The third kappa shape index (κ3) is 3.53. The number of nitrogens with zero attached hydrogens (tertiary/aromatic N) is 1. The summed E-state index contributed by atoms with van der Waals surface area (Å²) in [7, 11) is 0. The summed E-state index contributed by atoms with van der Waals surface area (Å²) in [5.74, 6) is 0.965. The van der Waals surface area contributed by atoms with Gasteiger partial charge in [-0.15, -0.1) is 12.4 Å². The Labute approximate surface area is 120 Å². The molecule has 0 atom stereocenters. The van der Waals surface area contributed by atoms with E-state index in [1.165, 1.54) is 0 Å². The highest BCUT2D eigenvalue weighted by Gasteiger charge is 2.09. The van der Waals surface area contributed by atoms with Gasteiger partial charge in [0.15, 0.2) is 5.76 Å². The van der Waals surface area contributed by atoms with Crippen LogP contribution in [0.1, 0.15) is 0 Å². The molecular weight excluding hydrogens is 298 g/mol. The van der Waals surface area contributed by atoms with E-state index in [-0.39, 0.29) is 12.4 Å². The minimum Gasteiger partial charge on any atom is -0.474 e. The van der Waals surface area contributed by atoms with Crippen molar-refractivity contribution in [2.75, 3.05) is 13.2 Å². The first kappa shape index (κ1) is 15.1. The zero-order valence-electron chi connectivity index (χ0n) is 9.23. The van der Waals surface area contributed by atoms with Crippen LogP contribution in [0.2, 0.25) is 10.0 Å². The number of benzene rings is 1. The van der Waals surface area contributed by atoms with E-state index in [1.807, 2.05) is 0 Å². The fraction of sp³-hybridized carbons (Fsp3) is 0.182. The van der Waals surface area contributed by atoms with Crippen molar-refractivity contribution < 1.29 is 9.26 Å². The average Bonchev–Trinajstić information content (AvgIpc) is 2.79. The molecule has 2 N–H and O–H groups in total. The molecule has 18 heavy (non-hydrogen) atoms. The van der Waals surface area contributed by atoms with Gasteiger partial charge in [-0.1, -0.05) is 23.2 Å². The van der Waals surface area contributed by atoms with Crippen LogP contribution in [0.4, 0.5) is 0 Å². The molecule has 0 radical (unpaired) electrons. The largest absolute Gasteiger partial charge is 0.474 e. The van der Waals surface area contributed by atoms with Crippen molar-refractivity contribution in [3.63, 3.8) is 0 Å². The van der Waals surface area contributed by atoms with Crippen LogP contribution in [0, 0.1) is 0 Å². The molecule has 0 spiro atoms. The predicted octanol–water partition coefficient (Wildman–Crippen LogP) is 3.41. The van der Waals surface area contributed by atoms with Gasteiger partial charge in [0.2, 0.25) is 0 Å². The van der Waals surface area contributed by atoms with Gasteiger partial charge in [0.25, 0.3) is 5.88 Å². The molecule has 1 aromatic carbocycles. The Balaban J connectivity index is 0.00000162. The molecule has 0 saturated carbocycles. The number of hydrogen-bond acceptors (Lipinski definition) is 4. The van der Waals surface area contributed by atoms with Gasteiger partial charge in [-0.2, -0.15) is 0 Å². The average molecular weight is 310 g/mol. The number of nitrogens with two attached hydrogens (primary N) is 1. The minimum absolute atomic E-state index is 0. The molecule has 7 heteroatoms. The van der Waals surface area contributed by atoms with E-state index in [0.717, 1.165) is 5.56 Å². The standard InChI is InChI=1S/C11H10Cl2N2O2.ClH/c12-8-2-1-7(5-9(8)13)10-6-11(15-17-10)16-4-3-14;/h1-2,5-6H,3-4,14H2;1H. The second-order valence-electron chi connectivity index (χ2n) is 3.30. The van der Waals surface area contributed by atoms with Crippen LogP contribution in [-0.2, 0) is 0 Å². The van der Waals surface area contributed by atoms with Crippen LogP contribution in [0.15, 0.2) is 28.8 Å². The molecule has 2 aromatic rings. The Morgan fingerprint density at radius 2 is 2.00 bits per heavy atom. The molecule has 0 saturated heterocycles. The maximum absolute atomic E-state index is 5.91. The van der Waals surface area contributed by atoms with Crippen LogP contribution < -0.4 is 10.5 Å². The Bertz CT molecular complexity index is 517. The molecule has 0 unspecified atom stereocenters. The normalized spacial score (nSPS) is 9.94. The lowest BCUT2D eigenvalue weighted by molar-refractivity contribution is 0.288.